The number of hydrogen-bond donors (Lipinski definition) is 1. The number of ether oxygens (including phenoxy) is 1. The largest absolute Gasteiger partial charge is 0.434 e. The van der Waals surface area contributed by atoms with Gasteiger partial charge in [0, 0.05) is 6.20 Å². The van der Waals surface area contributed by atoms with Crippen molar-refractivity contribution in [3.05, 3.63) is 47.4 Å². The molecule has 0 amide bonds. The smallest absolute Gasteiger partial charge is 0.242 e. The monoisotopic (exact) mass is 232 g/mol. The third kappa shape index (κ3) is 2.36. The van der Waals surface area contributed by atoms with Crippen molar-refractivity contribution in [3.8, 4) is 11.6 Å². The van der Waals surface area contributed by atoms with E-state index < -0.39 is 5.82 Å². The molecular formula is C13H13FN2O. The maximum Gasteiger partial charge on any atom is 0.242 e. The molecule has 0 saturated heterocycles. The zero-order chi connectivity index (χ0) is 12.4. The molecule has 0 radical (unpaired) electrons. The molecule has 3 nitrogen and oxygen atoms in total. The molecule has 1 aromatic carbocycles. The molecule has 0 aliphatic carbocycles. The van der Waals surface area contributed by atoms with E-state index in [1.807, 2.05) is 6.92 Å². The van der Waals surface area contributed by atoms with E-state index in [1.165, 1.54) is 0 Å². The summed E-state index contributed by atoms with van der Waals surface area (Å²) in [6.07, 6.45) is 1.62. The molecule has 1 aromatic heterocycles. The lowest BCUT2D eigenvalue weighted by atomic mass is 10.2. The van der Waals surface area contributed by atoms with Crippen LogP contribution in [0.15, 0.2) is 30.5 Å². The van der Waals surface area contributed by atoms with E-state index in [0.29, 0.717) is 11.3 Å². The summed E-state index contributed by atoms with van der Waals surface area (Å²) in [4.78, 5) is 4.03. The van der Waals surface area contributed by atoms with Crippen LogP contribution >= 0.6 is 0 Å². The Labute approximate surface area is 99.1 Å². The molecule has 0 saturated carbocycles. The van der Waals surface area contributed by atoms with E-state index in [-0.39, 0.29) is 11.6 Å². The summed E-state index contributed by atoms with van der Waals surface area (Å²) in [5, 5.41) is 0. The highest BCUT2D eigenvalue weighted by molar-refractivity contribution is 5.51. The molecule has 0 atom stereocenters. The van der Waals surface area contributed by atoms with E-state index >= 15 is 0 Å². The minimum atomic E-state index is -0.394. The Morgan fingerprint density at radius 3 is 2.76 bits per heavy atom. The fraction of sp³-hybridized carbons (Fsp3) is 0.154. The average Bonchev–Trinajstić information content (AvgIpc) is 2.28. The van der Waals surface area contributed by atoms with E-state index in [1.54, 1.807) is 37.4 Å². The quantitative estimate of drug-likeness (QED) is 0.864. The molecular weight excluding hydrogens is 219 g/mol. The van der Waals surface area contributed by atoms with Crippen LogP contribution in [0.25, 0.3) is 0 Å². The van der Waals surface area contributed by atoms with Crippen LogP contribution < -0.4 is 10.5 Å². The van der Waals surface area contributed by atoms with Gasteiger partial charge in [0.2, 0.25) is 5.88 Å². The predicted molar refractivity (Wildman–Crippen MR) is 64.6 cm³/mol. The number of nitrogen functional groups attached to an aromatic ring is 1. The van der Waals surface area contributed by atoms with Crippen molar-refractivity contribution in [1.82, 2.24) is 4.98 Å². The van der Waals surface area contributed by atoms with Crippen LogP contribution in [-0.4, -0.2) is 4.98 Å². The second-order valence-corrected chi connectivity index (χ2v) is 3.90. The molecule has 1 heterocycles. The lowest BCUT2D eigenvalue weighted by Gasteiger charge is -2.09. The number of aryl methyl sites for hydroxylation is 2. The van der Waals surface area contributed by atoms with Crippen LogP contribution in [0.1, 0.15) is 11.1 Å². The van der Waals surface area contributed by atoms with Gasteiger partial charge in [-0.1, -0.05) is 12.1 Å². The molecule has 17 heavy (non-hydrogen) atoms. The van der Waals surface area contributed by atoms with Crippen molar-refractivity contribution in [3.63, 3.8) is 0 Å². The Morgan fingerprint density at radius 1 is 1.29 bits per heavy atom. The van der Waals surface area contributed by atoms with Gasteiger partial charge in [-0.15, -0.1) is 0 Å². The van der Waals surface area contributed by atoms with Gasteiger partial charge in [-0.2, -0.15) is 0 Å². The van der Waals surface area contributed by atoms with Gasteiger partial charge in [-0.3, -0.25) is 0 Å². The van der Waals surface area contributed by atoms with Crippen LogP contribution in [0.3, 0.4) is 0 Å². The number of aromatic nitrogens is 1. The molecule has 2 aromatic rings. The van der Waals surface area contributed by atoms with Crippen molar-refractivity contribution in [2.45, 2.75) is 13.8 Å². The summed E-state index contributed by atoms with van der Waals surface area (Å²) in [5.74, 6) is -0.0394. The van der Waals surface area contributed by atoms with E-state index in [2.05, 4.69) is 4.98 Å². The highest BCUT2D eigenvalue weighted by atomic mass is 19.1. The van der Waals surface area contributed by atoms with Gasteiger partial charge >= 0.3 is 0 Å². The fourth-order valence-electron chi connectivity index (χ4n) is 1.47. The number of benzene rings is 1. The van der Waals surface area contributed by atoms with Crippen molar-refractivity contribution in [1.29, 1.82) is 0 Å². The number of nitrogens with zero attached hydrogens (tertiary/aromatic N) is 1. The first-order valence-electron chi connectivity index (χ1n) is 5.23. The average molecular weight is 232 g/mol. The van der Waals surface area contributed by atoms with Crippen molar-refractivity contribution in [2.75, 3.05) is 5.73 Å². The Kier molecular flexibility index (Phi) is 2.95. The summed E-state index contributed by atoms with van der Waals surface area (Å²) in [5.41, 5.74) is 7.59. The Morgan fingerprint density at radius 2 is 2.06 bits per heavy atom. The van der Waals surface area contributed by atoms with Crippen LogP contribution in [-0.2, 0) is 0 Å². The number of halogens is 1. The second kappa shape index (κ2) is 4.41. The number of nitrogens with two attached hydrogens (primary N) is 1. The molecule has 4 heteroatoms. The number of hydrogen-bond acceptors (Lipinski definition) is 3. The predicted octanol–water partition coefficient (Wildman–Crippen LogP) is 3.21. The van der Waals surface area contributed by atoms with Crippen molar-refractivity contribution < 1.29 is 9.13 Å². The van der Waals surface area contributed by atoms with Crippen molar-refractivity contribution in [2.24, 2.45) is 0 Å². The number of anilines is 1. The summed E-state index contributed by atoms with van der Waals surface area (Å²) >= 11 is 0. The highest BCUT2D eigenvalue weighted by Crippen LogP contribution is 2.28. The first-order valence-corrected chi connectivity index (χ1v) is 5.23. The third-order valence-corrected chi connectivity index (χ3v) is 2.38. The Hall–Kier alpha value is -2.10. The van der Waals surface area contributed by atoms with Crippen LogP contribution in [0.4, 0.5) is 10.1 Å². The lowest BCUT2D eigenvalue weighted by Crippen LogP contribution is -1.97. The molecule has 2 rings (SSSR count). The summed E-state index contributed by atoms with van der Waals surface area (Å²) in [7, 11) is 0. The first kappa shape index (κ1) is 11.4. The molecule has 0 bridgehead atoms. The van der Waals surface area contributed by atoms with Gasteiger partial charge < -0.3 is 10.5 Å². The lowest BCUT2D eigenvalue weighted by molar-refractivity contribution is 0.427. The molecule has 0 fully saturated rings. The molecule has 0 spiro atoms. The SMILES string of the molecule is Cc1cnc(Oc2cccc(C)c2F)c(N)c1. The zero-order valence-electron chi connectivity index (χ0n) is 9.70. The number of rotatable bonds is 2. The zero-order valence-corrected chi connectivity index (χ0v) is 9.70. The summed E-state index contributed by atoms with van der Waals surface area (Å²) in [6, 6.07) is 6.67. The van der Waals surface area contributed by atoms with Crippen LogP contribution in [0.5, 0.6) is 11.6 Å². The van der Waals surface area contributed by atoms with E-state index in [0.717, 1.165) is 5.56 Å². The van der Waals surface area contributed by atoms with Gasteiger partial charge in [-0.25, -0.2) is 9.37 Å². The molecule has 88 valence electrons. The van der Waals surface area contributed by atoms with Gasteiger partial charge in [-0.05, 0) is 37.1 Å². The third-order valence-electron chi connectivity index (χ3n) is 2.38. The molecule has 2 N–H and O–H groups in total. The van der Waals surface area contributed by atoms with Crippen LogP contribution in [0, 0.1) is 19.7 Å². The van der Waals surface area contributed by atoms with E-state index in [9.17, 15) is 4.39 Å². The van der Waals surface area contributed by atoms with Crippen molar-refractivity contribution >= 4 is 5.69 Å². The van der Waals surface area contributed by atoms with Gasteiger partial charge in [0.15, 0.2) is 11.6 Å². The second-order valence-electron chi connectivity index (χ2n) is 3.90. The minimum absolute atomic E-state index is 0.132. The minimum Gasteiger partial charge on any atom is -0.434 e. The Bertz CT molecular complexity index is 555. The van der Waals surface area contributed by atoms with Crippen LogP contribution in [0.2, 0.25) is 0 Å². The summed E-state index contributed by atoms with van der Waals surface area (Å²) in [6.45, 7) is 3.55. The molecule has 0 aliphatic heterocycles. The maximum atomic E-state index is 13.7. The molecule has 0 unspecified atom stereocenters. The Balaban J connectivity index is 2.35. The number of pyridine rings is 1. The fourth-order valence-corrected chi connectivity index (χ4v) is 1.47. The normalized spacial score (nSPS) is 10.3. The van der Waals surface area contributed by atoms with Gasteiger partial charge in [0.25, 0.3) is 0 Å². The highest BCUT2D eigenvalue weighted by Gasteiger charge is 2.09. The molecule has 0 aliphatic rings. The maximum absolute atomic E-state index is 13.7. The van der Waals surface area contributed by atoms with Gasteiger partial charge in [0.05, 0.1) is 5.69 Å². The van der Waals surface area contributed by atoms with Gasteiger partial charge in [0.1, 0.15) is 0 Å². The standard InChI is InChI=1S/C13H13FN2O/c1-8-6-10(15)13(16-7-8)17-11-5-3-4-9(2)12(11)14/h3-7H,15H2,1-2H3. The summed E-state index contributed by atoms with van der Waals surface area (Å²) < 4.78 is 19.1. The topological polar surface area (TPSA) is 48.1 Å². The van der Waals surface area contributed by atoms with E-state index in [4.69, 9.17) is 10.5 Å². The first-order chi connectivity index (χ1) is 8.08.